The molecule has 11 atom stereocenters. The van der Waals surface area contributed by atoms with Crippen molar-refractivity contribution in [3.63, 3.8) is 0 Å². The maximum Gasteiger partial charge on any atom is 0.188 e. The number of rotatable bonds is 37. The molecular formula is C48H71N3O23S. The molecule has 2 aliphatic rings. The third kappa shape index (κ3) is 20.0. The van der Waals surface area contributed by atoms with Crippen molar-refractivity contribution in [2.24, 2.45) is 0 Å². The van der Waals surface area contributed by atoms with E-state index in [0.29, 0.717) is 73.0 Å². The fraction of sp³-hybridized carbons (Fsp3) is 0.646. The van der Waals surface area contributed by atoms with Crippen LogP contribution >= 0.6 is 11.8 Å². The van der Waals surface area contributed by atoms with E-state index in [-0.39, 0.29) is 64.4 Å². The number of thioether (sulfide) groups is 1. The summed E-state index contributed by atoms with van der Waals surface area (Å²) in [6.07, 6.45) is -10.8. The van der Waals surface area contributed by atoms with Crippen molar-refractivity contribution >= 4 is 23.6 Å². The maximum absolute atomic E-state index is 13.6. The highest BCUT2D eigenvalue weighted by Gasteiger charge is 2.51. The summed E-state index contributed by atoms with van der Waals surface area (Å²) in [5, 5.41) is 79.6. The minimum absolute atomic E-state index is 0.0118. The molecule has 2 aliphatic heterocycles. The lowest BCUT2D eigenvalue weighted by Gasteiger charge is -2.45. The van der Waals surface area contributed by atoms with E-state index in [1.165, 1.54) is 40.7 Å². The predicted octanol–water partition coefficient (Wildman–Crippen LogP) is -0.281. The van der Waals surface area contributed by atoms with Crippen LogP contribution in [0.3, 0.4) is 0 Å². The smallest absolute Gasteiger partial charge is 0.188 e. The molecule has 1 aromatic heterocycles. The Hall–Kier alpha value is -4.18. The van der Waals surface area contributed by atoms with E-state index in [1.54, 1.807) is 42.1 Å². The molecule has 0 saturated carbocycles. The van der Waals surface area contributed by atoms with Crippen molar-refractivity contribution in [3.05, 3.63) is 65.5 Å². The summed E-state index contributed by atoms with van der Waals surface area (Å²) in [4.78, 5) is 13.6. The molecule has 3 aromatic rings. The number of aromatic nitrogens is 3. The van der Waals surface area contributed by atoms with Gasteiger partial charge >= 0.3 is 0 Å². The molecule has 26 nitrogen and oxygen atoms in total. The van der Waals surface area contributed by atoms with Gasteiger partial charge in [0.1, 0.15) is 77.5 Å². The number of aliphatic hydroxyl groups is 7. The van der Waals surface area contributed by atoms with Crippen molar-refractivity contribution in [1.82, 2.24) is 15.0 Å². The van der Waals surface area contributed by atoms with Crippen molar-refractivity contribution in [3.8, 4) is 23.0 Å². The Morgan fingerprint density at radius 2 is 1.19 bits per heavy atom. The lowest BCUT2D eigenvalue weighted by Crippen LogP contribution is -2.63. The molecule has 75 heavy (non-hydrogen) atoms. The molecule has 3 heterocycles. The zero-order valence-electron chi connectivity index (χ0n) is 42.3. The normalized spacial score (nSPS) is 24.4. The van der Waals surface area contributed by atoms with Gasteiger partial charge in [-0.2, -0.15) is 11.8 Å². The molecule has 0 radical (unpaired) electrons. The van der Waals surface area contributed by atoms with Crippen LogP contribution in [-0.4, -0.2) is 232 Å². The Morgan fingerprint density at radius 3 is 1.73 bits per heavy atom. The zero-order valence-corrected chi connectivity index (χ0v) is 43.1. The minimum Gasteiger partial charge on any atom is -0.467 e. The molecule has 0 amide bonds. The van der Waals surface area contributed by atoms with Crippen LogP contribution in [0.5, 0.6) is 23.0 Å². The molecule has 2 saturated heterocycles. The van der Waals surface area contributed by atoms with Gasteiger partial charge in [0.25, 0.3) is 0 Å². The highest BCUT2D eigenvalue weighted by Crippen LogP contribution is 2.38. The molecule has 0 bridgehead atoms. The zero-order chi connectivity index (χ0) is 54.0. The van der Waals surface area contributed by atoms with E-state index < -0.39 is 74.6 Å². The first-order chi connectivity index (χ1) is 36.4. The van der Waals surface area contributed by atoms with Crippen LogP contribution in [0.15, 0.2) is 48.7 Å². The van der Waals surface area contributed by atoms with E-state index in [1.807, 2.05) is 12.1 Å². The van der Waals surface area contributed by atoms with E-state index >= 15 is 0 Å². The SMILES string of the molecule is COCOc1cc(/C=C/C(=O)CC(SCCOCCOCCOCCOCc2cn([C@@H]3O[C@H](CO)[C@@H](O[C@@H]4O[C@H](CO)[C@H](O)[C@H](O)[C@H]4O)[C@H](O)[C@H]3O)nn2)c2cc(OCOC)cc(OCOC)c2)cc(OCOC)c1. The van der Waals surface area contributed by atoms with Crippen molar-refractivity contribution in [2.75, 3.05) is 121 Å². The average Bonchev–Trinajstić information content (AvgIpc) is 3.90. The van der Waals surface area contributed by atoms with Crippen molar-refractivity contribution < 1.29 is 112 Å². The average molecular weight is 1090 g/mol. The number of ether oxygens (including phenoxy) is 15. The Kier molecular flexibility index (Phi) is 27.8. The number of carbonyl (C=O) groups excluding carboxylic acids is 1. The molecule has 0 aliphatic carbocycles. The van der Waals surface area contributed by atoms with E-state index in [4.69, 9.17) is 71.1 Å². The summed E-state index contributed by atoms with van der Waals surface area (Å²) >= 11 is 1.54. The standard InChI is InChI=1S/C48H71N3O23S/c1-60-26-68-34-15-30(16-35(20-34)69-27-61-2)5-6-33(54)19-40(31-17-36(70-28-62-3)21-37(18-31)71-29-63-4)75-14-13-66-10-9-64-7-8-65-11-12-67-25-32-22-51(50-49-32)47-44(58)43(57)46(39(24-53)72-47)74-48-45(59)42(56)41(55)38(23-52)73-48/h5-6,15-18,20-22,38-48,52-53,55-59H,7-14,19,23-29H2,1-4H3/b6-5+/t38-,39-,40?,41+,42+,43-,44-,45-,46-,47-,48+/m1/s1. The monoisotopic (exact) mass is 1090 g/mol. The van der Waals surface area contributed by atoms with Crippen LogP contribution in [0.25, 0.3) is 6.08 Å². The fourth-order valence-electron chi connectivity index (χ4n) is 7.40. The molecular weight excluding hydrogens is 1020 g/mol. The molecule has 0 spiro atoms. The third-order valence-electron chi connectivity index (χ3n) is 11.1. The number of hydrogen-bond donors (Lipinski definition) is 7. The van der Waals surface area contributed by atoms with Gasteiger partial charge in [-0.05, 0) is 41.5 Å². The molecule has 5 rings (SSSR count). The van der Waals surface area contributed by atoms with Crippen LogP contribution in [0.2, 0.25) is 0 Å². The summed E-state index contributed by atoms with van der Waals surface area (Å²) in [5.74, 6) is 2.39. The number of allylic oxidation sites excluding steroid dienone is 1. The number of ketones is 1. The van der Waals surface area contributed by atoms with Gasteiger partial charge in [-0.3, -0.25) is 4.79 Å². The fourth-order valence-corrected chi connectivity index (χ4v) is 8.51. The number of aliphatic hydroxyl groups excluding tert-OH is 7. The maximum atomic E-state index is 13.6. The van der Waals surface area contributed by atoms with Gasteiger partial charge in [0.15, 0.2) is 45.5 Å². The summed E-state index contributed by atoms with van der Waals surface area (Å²) in [6.45, 7) is 0.791. The molecule has 2 fully saturated rings. The van der Waals surface area contributed by atoms with Gasteiger partial charge in [-0.1, -0.05) is 11.3 Å². The number of carbonyl (C=O) groups is 1. The van der Waals surface area contributed by atoms with Crippen molar-refractivity contribution in [1.29, 1.82) is 0 Å². The summed E-state index contributed by atoms with van der Waals surface area (Å²) in [5.41, 5.74) is 1.83. The first-order valence-corrected chi connectivity index (χ1v) is 24.9. The van der Waals surface area contributed by atoms with Crippen LogP contribution in [0.1, 0.15) is 34.7 Å². The number of nitrogens with zero attached hydrogens (tertiary/aromatic N) is 3. The van der Waals surface area contributed by atoms with Gasteiger partial charge in [0, 0.05) is 58.0 Å². The number of benzene rings is 2. The van der Waals surface area contributed by atoms with E-state index in [2.05, 4.69) is 10.3 Å². The van der Waals surface area contributed by atoms with E-state index in [9.17, 15) is 40.5 Å². The number of hydrogen-bond acceptors (Lipinski definition) is 26. The van der Waals surface area contributed by atoms with E-state index in [0.717, 1.165) is 10.2 Å². The molecule has 1 unspecified atom stereocenters. The number of methoxy groups -OCH3 is 4. The minimum atomic E-state index is -1.79. The summed E-state index contributed by atoms with van der Waals surface area (Å²) in [7, 11) is 6.07. The van der Waals surface area contributed by atoms with Gasteiger partial charge < -0.3 is 107 Å². The van der Waals surface area contributed by atoms with Crippen LogP contribution in [0, 0.1) is 0 Å². The first-order valence-electron chi connectivity index (χ1n) is 23.8. The van der Waals surface area contributed by atoms with Gasteiger partial charge in [0.05, 0.1) is 72.3 Å². The summed E-state index contributed by atoms with van der Waals surface area (Å²) in [6, 6.07) is 10.6. The van der Waals surface area contributed by atoms with Gasteiger partial charge in [0.2, 0.25) is 0 Å². The molecule has 2 aromatic carbocycles. The quantitative estimate of drug-likeness (QED) is 0.0222. The second-order valence-electron chi connectivity index (χ2n) is 16.6. The molecule has 27 heteroatoms. The lowest BCUT2D eigenvalue weighted by molar-refractivity contribution is -0.347. The lowest BCUT2D eigenvalue weighted by atomic mass is 9.96. The highest BCUT2D eigenvalue weighted by atomic mass is 32.2. The van der Waals surface area contributed by atoms with Crippen LogP contribution in [0.4, 0.5) is 0 Å². The second-order valence-corrected chi connectivity index (χ2v) is 18.0. The third-order valence-corrected chi connectivity index (χ3v) is 12.4. The highest BCUT2D eigenvalue weighted by molar-refractivity contribution is 7.99. The Bertz CT molecular complexity index is 2050. The van der Waals surface area contributed by atoms with Crippen molar-refractivity contribution in [2.45, 2.75) is 79.6 Å². The van der Waals surface area contributed by atoms with Crippen LogP contribution < -0.4 is 18.9 Å². The predicted molar refractivity (Wildman–Crippen MR) is 261 cm³/mol. The topological polar surface area (TPSA) is 328 Å². The first kappa shape index (κ1) is 61.7. The largest absolute Gasteiger partial charge is 0.467 e. The molecule has 7 N–H and O–H groups in total. The summed E-state index contributed by atoms with van der Waals surface area (Å²) < 4.78 is 83.7. The van der Waals surface area contributed by atoms with Gasteiger partial charge in [-0.15, -0.1) is 5.10 Å². The second kappa shape index (κ2) is 33.9. The Balaban J connectivity index is 1.01. The van der Waals surface area contributed by atoms with Gasteiger partial charge in [-0.25, -0.2) is 4.68 Å². The Labute approximate surface area is 438 Å². The van der Waals surface area contributed by atoms with Crippen LogP contribution in [-0.2, 0) is 63.5 Å². The Morgan fingerprint density at radius 1 is 0.653 bits per heavy atom. The molecule has 422 valence electrons.